The average molecular weight is 439 g/mol. The van der Waals surface area contributed by atoms with Gasteiger partial charge in [-0.15, -0.1) is 0 Å². The molecule has 2 fully saturated rings. The summed E-state index contributed by atoms with van der Waals surface area (Å²) in [6, 6.07) is 5.12. The number of benzene rings is 1. The van der Waals surface area contributed by atoms with Crippen molar-refractivity contribution in [2.24, 2.45) is 5.92 Å². The topological polar surface area (TPSA) is 90.4 Å². The van der Waals surface area contributed by atoms with E-state index in [2.05, 4.69) is 15.6 Å². The van der Waals surface area contributed by atoms with E-state index < -0.39 is 5.82 Å². The van der Waals surface area contributed by atoms with Gasteiger partial charge in [0.25, 0.3) is 0 Å². The molecular formula is C23H26FN5O3. The Bertz CT molecular complexity index is 1130. The summed E-state index contributed by atoms with van der Waals surface area (Å²) in [5, 5.41) is 7.51. The van der Waals surface area contributed by atoms with Crippen molar-refractivity contribution < 1.29 is 18.6 Å². The van der Waals surface area contributed by atoms with Crippen molar-refractivity contribution in [1.29, 1.82) is 0 Å². The minimum atomic E-state index is -0.492. The van der Waals surface area contributed by atoms with E-state index in [1.54, 1.807) is 18.3 Å². The van der Waals surface area contributed by atoms with Crippen LogP contribution >= 0.6 is 0 Å². The SMILES string of the molecule is COc1cc(OC)c(F)c(-c2cc3cnc(NC4CCOC4)nc3c(NCC3CC3)n2)c1. The van der Waals surface area contributed by atoms with E-state index in [-0.39, 0.29) is 11.8 Å². The van der Waals surface area contributed by atoms with Crippen LogP contribution in [0.5, 0.6) is 11.5 Å². The molecule has 8 nitrogen and oxygen atoms in total. The first-order valence-corrected chi connectivity index (χ1v) is 10.8. The molecule has 0 spiro atoms. The van der Waals surface area contributed by atoms with Gasteiger partial charge in [-0.2, -0.15) is 0 Å². The average Bonchev–Trinajstić information content (AvgIpc) is 3.51. The minimum Gasteiger partial charge on any atom is -0.497 e. The molecule has 0 radical (unpaired) electrons. The van der Waals surface area contributed by atoms with Crippen molar-refractivity contribution in [2.75, 3.05) is 44.6 Å². The maximum Gasteiger partial charge on any atom is 0.223 e. The molecule has 3 aromatic rings. The normalized spacial score (nSPS) is 18.0. The monoisotopic (exact) mass is 439 g/mol. The second kappa shape index (κ2) is 8.74. The predicted molar refractivity (Wildman–Crippen MR) is 120 cm³/mol. The van der Waals surface area contributed by atoms with Crippen molar-refractivity contribution >= 4 is 22.7 Å². The standard InChI is InChI=1S/C23H26FN5O3/c1-30-16-8-17(20(24)19(9-16)31-2)18-7-14-11-26-23(27-15-5-6-32-12-15)29-21(14)22(28-18)25-10-13-3-4-13/h7-9,11,13,15H,3-6,10,12H2,1-2H3,(H,25,28)(H,26,27,29). The number of ether oxygens (including phenoxy) is 3. The smallest absolute Gasteiger partial charge is 0.223 e. The first-order valence-electron chi connectivity index (χ1n) is 10.8. The van der Waals surface area contributed by atoms with Gasteiger partial charge in [-0.25, -0.2) is 19.3 Å². The van der Waals surface area contributed by atoms with Crippen LogP contribution < -0.4 is 20.1 Å². The zero-order valence-electron chi connectivity index (χ0n) is 18.2. The molecule has 0 amide bonds. The summed E-state index contributed by atoms with van der Waals surface area (Å²) in [5.41, 5.74) is 1.45. The van der Waals surface area contributed by atoms with Crippen LogP contribution in [0.3, 0.4) is 0 Å². The second-order valence-electron chi connectivity index (χ2n) is 8.21. The summed E-state index contributed by atoms with van der Waals surface area (Å²) in [7, 11) is 2.96. The molecule has 168 valence electrons. The molecule has 2 aromatic heterocycles. The lowest BCUT2D eigenvalue weighted by Gasteiger charge is -2.15. The first kappa shape index (κ1) is 20.7. The summed E-state index contributed by atoms with van der Waals surface area (Å²) in [6.07, 6.45) is 5.07. The molecule has 2 aliphatic rings. The van der Waals surface area contributed by atoms with Crippen molar-refractivity contribution in [3.8, 4) is 22.8 Å². The zero-order valence-corrected chi connectivity index (χ0v) is 18.2. The molecule has 5 rings (SSSR count). The number of rotatable bonds is 8. The summed E-state index contributed by atoms with van der Waals surface area (Å²) >= 11 is 0. The molecule has 1 aliphatic carbocycles. The fourth-order valence-corrected chi connectivity index (χ4v) is 3.79. The Hall–Kier alpha value is -3.20. The van der Waals surface area contributed by atoms with E-state index >= 15 is 4.39 Å². The lowest BCUT2D eigenvalue weighted by molar-refractivity contribution is 0.195. The van der Waals surface area contributed by atoms with Crippen LogP contribution in [0.25, 0.3) is 22.2 Å². The molecular weight excluding hydrogens is 413 g/mol. The van der Waals surface area contributed by atoms with Gasteiger partial charge in [-0.1, -0.05) is 0 Å². The summed E-state index contributed by atoms with van der Waals surface area (Å²) in [6.45, 7) is 2.18. The molecule has 1 unspecified atom stereocenters. The Kier molecular flexibility index (Phi) is 5.65. The van der Waals surface area contributed by atoms with Gasteiger partial charge in [0.05, 0.1) is 32.6 Å². The van der Waals surface area contributed by atoms with Crippen LogP contribution in [0.4, 0.5) is 16.2 Å². The molecule has 3 heterocycles. The molecule has 1 aromatic carbocycles. The number of hydrogen-bond donors (Lipinski definition) is 2. The fourth-order valence-electron chi connectivity index (χ4n) is 3.79. The third-order valence-electron chi connectivity index (χ3n) is 5.83. The highest BCUT2D eigenvalue weighted by molar-refractivity contribution is 5.92. The van der Waals surface area contributed by atoms with Crippen molar-refractivity contribution in [1.82, 2.24) is 15.0 Å². The Morgan fingerprint density at radius 3 is 2.72 bits per heavy atom. The lowest BCUT2D eigenvalue weighted by Crippen LogP contribution is -2.20. The lowest BCUT2D eigenvalue weighted by atomic mass is 10.1. The highest BCUT2D eigenvalue weighted by Gasteiger charge is 2.23. The number of nitrogens with one attached hydrogen (secondary N) is 2. The Morgan fingerprint density at radius 2 is 2.00 bits per heavy atom. The molecule has 0 bridgehead atoms. The van der Waals surface area contributed by atoms with Gasteiger partial charge in [-0.05, 0) is 37.3 Å². The molecule has 1 atom stereocenters. The van der Waals surface area contributed by atoms with Gasteiger partial charge < -0.3 is 24.8 Å². The quantitative estimate of drug-likeness (QED) is 0.547. The third kappa shape index (κ3) is 4.25. The molecule has 2 N–H and O–H groups in total. The van der Waals surface area contributed by atoms with Gasteiger partial charge >= 0.3 is 0 Å². The van der Waals surface area contributed by atoms with E-state index in [1.165, 1.54) is 33.1 Å². The summed E-state index contributed by atoms with van der Waals surface area (Å²) in [4.78, 5) is 13.9. The van der Waals surface area contributed by atoms with E-state index in [1.807, 2.05) is 0 Å². The van der Waals surface area contributed by atoms with Gasteiger partial charge in [0.1, 0.15) is 11.3 Å². The van der Waals surface area contributed by atoms with Crippen molar-refractivity contribution in [2.45, 2.75) is 25.3 Å². The van der Waals surface area contributed by atoms with E-state index in [9.17, 15) is 0 Å². The zero-order chi connectivity index (χ0) is 22.1. The molecule has 32 heavy (non-hydrogen) atoms. The Morgan fingerprint density at radius 1 is 1.12 bits per heavy atom. The van der Waals surface area contributed by atoms with Crippen LogP contribution in [-0.2, 0) is 4.74 Å². The van der Waals surface area contributed by atoms with Gasteiger partial charge in [-0.3, -0.25) is 0 Å². The highest BCUT2D eigenvalue weighted by Crippen LogP contribution is 2.36. The third-order valence-corrected chi connectivity index (χ3v) is 5.83. The highest BCUT2D eigenvalue weighted by atomic mass is 19.1. The van der Waals surface area contributed by atoms with Crippen molar-refractivity contribution in [3.63, 3.8) is 0 Å². The number of nitrogens with zero attached hydrogens (tertiary/aromatic N) is 3. The maximum absolute atomic E-state index is 15.1. The van der Waals surface area contributed by atoms with Crippen LogP contribution in [-0.4, -0.2) is 55.0 Å². The number of methoxy groups -OCH3 is 2. The van der Waals surface area contributed by atoms with Crippen LogP contribution in [0.2, 0.25) is 0 Å². The van der Waals surface area contributed by atoms with Gasteiger partial charge in [0.15, 0.2) is 17.4 Å². The number of hydrogen-bond acceptors (Lipinski definition) is 8. The minimum absolute atomic E-state index is 0.100. The van der Waals surface area contributed by atoms with Crippen molar-refractivity contribution in [3.05, 3.63) is 30.2 Å². The largest absolute Gasteiger partial charge is 0.497 e. The summed E-state index contributed by atoms with van der Waals surface area (Å²) < 4.78 is 31.1. The maximum atomic E-state index is 15.1. The van der Waals surface area contributed by atoms with Gasteiger partial charge in [0.2, 0.25) is 5.95 Å². The summed E-state index contributed by atoms with van der Waals surface area (Å²) in [5.74, 6) is 1.88. The second-order valence-corrected chi connectivity index (χ2v) is 8.21. The number of aromatic nitrogens is 3. The fraction of sp³-hybridized carbons (Fsp3) is 0.435. The predicted octanol–water partition coefficient (Wildman–Crippen LogP) is 3.87. The number of pyridine rings is 1. The molecule has 1 saturated heterocycles. The van der Waals surface area contributed by atoms with E-state index in [0.717, 1.165) is 25.0 Å². The molecule has 1 aliphatic heterocycles. The molecule has 9 heteroatoms. The van der Waals surface area contributed by atoms with Gasteiger partial charge in [0, 0.05) is 36.4 Å². The number of fused-ring (bicyclic) bond motifs is 1. The van der Waals surface area contributed by atoms with Crippen LogP contribution in [0, 0.1) is 11.7 Å². The van der Waals surface area contributed by atoms with E-state index in [4.69, 9.17) is 24.2 Å². The number of anilines is 2. The Labute approximate surface area is 185 Å². The number of halogens is 1. The first-order chi connectivity index (χ1) is 15.6. The Balaban J connectivity index is 1.58. The molecule has 1 saturated carbocycles. The van der Waals surface area contributed by atoms with Crippen LogP contribution in [0.1, 0.15) is 19.3 Å². The van der Waals surface area contributed by atoms with Crippen LogP contribution in [0.15, 0.2) is 24.4 Å². The van der Waals surface area contributed by atoms with E-state index in [0.29, 0.717) is 46.8 Å².